The van der Waals surface area contributed by atoms with Gasteiger partial charge in [-0.3, -0.25) is 0 Å². The van der Waals surface area contributed by atoms with Gasteiger partial charge in [0.25, 0.3) is 0 Å². The van der Waals surface area contributed by atoms with Gasteiger partial charge in [-0.25, -0.2) is 0 Å². The van der Waals surface area contributed by atoms with Crippen LogP contribution in [-0.2, 0) is 14.1 Å². The van der Waals surface area contributed by atoms with Crippen molar-refractivity contribution < 1.29 is 0 Å². The minimum absolute atomic E-state index is 1.25. The first-order valence-corrected chi connectivity index (χ1v) is 16.2. The fourth-order valence-corrected chi connectivity index (χ4v) is 8.00. The van der Waals surface area contributed by atoms with Crippen LogP contribution in [0.4, 0.5) is 0 Å². The van der Waals surface area contributed by atoms with Crippen molar-refractivity contribution in [2.24, 2.45) is 14.1 Å². The van der Waals surface area contributed by atoms with Crippen molar-refractivity contribution in [3.05, 3.63) is 131 Å². The standard InChI is InChI=1S/C44H36N2/c1-25-7-13-35-37-17-11-31(23-43(37)45(5)41(35)19-25)29-9-15-33-28(4)40-22-30(10-16-34(40)27(3)39(33)21-29)32-12-18-38-36-14-8-26(2)20-42(36)46(6)44(38)24-32/h7-24H,1-6H3. The average molecular weight is 593 g/mol. The van der Waals surface area contributed by atoms with E-state index in [1.165, 1.54) is 110 Å². The van der Waals surface area contributed by atoms with E-state index >= 15 is 0 Å². The van der Waals surface area contributed by atoms with E-state index in [2.05, 4.69) is 160 Å². The summed E-state index contributed by atoms with van der Waals surface area (Å²) in [4.78, 5) is 0. The van der Waals surface area contributed by atoms with Crippen molar-refractivity contribution >= 4 is 65.2 Å². The summed E-state index contributed by atoms with van der Waals surface area (Å²) in [5, 5.41) is 10.6. The minimum Gasteiger partial charge on any atom is -0.344 e. The summed E-state index contributed by atoms with van der Waals surface area (Å²) in [6, 6.07) is 41.4. The van der Waals surface area contributed by atoms with Gasteiger partial charge in [-0.1, -0.05) is 72.8 Å². The molecular formula is C44H36N2. The van der Waals surface area contributed by atoms with Crippen LogP contribution in [-0.4, -0.2) is 9.13 Å². The molecule has 0 atom stereocenters. The Morgan fingerprint density at radius 1 is 0.304 bits per heavy atom. The van der Waals surface area contributed by atoms with Crippen LogP contribution in [0.15, 0.2) is 109 Å². The third-order valence-electron chi connectivity index (χ3n) is 10.6. The van der Waals surface area contributed by atoms with Gasteiger partial charge in [-0.2, -0.15) is 0 Å². The summed E-state index contributed by atoms with van der Waals surface area (Å²) in [7, 11) is 4.37. The van der Waals surface area contributed by atoms with Gasteiger partial charge in [0.1, 0.15) is 0 Å². The van der Waals surface area contributed by atoms with Gasteiger partial charge >= 0.3 is 0 Å². The first kappa shape index (κ1) is 27.0. The zero-order valence-electron chi connectivity index (χ0n) is 27.3. The Balaban J connectivity index is 1.17. The van der Waals surface area contributed by atoms with Gasteiger partial charge in [-0.15, -0.1) is 0 Å². The van der Waals surface area contributed by atoms with E-state index in [1.54, 1.807) is 0 Å². The van der Waals surface area contributed by atoms with Gasteiger partial charge in [0.05, 0.1) is 0 Å². The Morgan fingerprint density at radius 2 is 0.609 bits per heavy atom. The van der Waals surface area contributed by atoms with Crippen molar-refractivity contribution in [3.8, 4) is 22.3 Å². The summed E-state index contributed by atoms with van der Waals surface area (Å²) >= 11 is 0. The maximum absolute atomic E-state index is 2.40. The number of benzene rings is 7. The van der Waals surface area contributed by atoms with Crippen molar-refractivity contribution in [1.82, 2.24) is 9.13 Å². The van der Waals surface area contributed by atoms with Gasteiger partial charge in [0.2, 0.25) is 0 Å². The number of aromatic nitrogens is 2. The maximum Gasteiger partial charge on any atom is 0.0494 e. The quantitative estimate of drug-likeness (QED) is 0.177. The second kappa shape index (κ2) is 9.58. The molecule has 0 aliphatic heterocycles. The van der Waals surface area contributed by atoms with E-state index in [-0.39, 0.29) is 0 Å². The summed E-state index contributed by atoms with van der Waals surface area (Å²) in [6.07, 6.45) is 0. The number of hydrogen-bond donors (Lipinski definition) is 0. The lowest BCUT2D eigenvalue weighted by molar-refractivity contribution is 1.01. The Kier molecular flexibility index (Phi) is 5.63. The van der Waals surface area contributed by atoms with E-state index in [1.807, 2.05) is 0 Å². The third kappa shape index (κ3) is 3.77. The maximum atomic E-state index is 2.40. The molecule has 0 fully saturated rings. The highest BCUT2D eigenvalue weighted by Crippen LogP contribution is 2.39. The van der Waals surface area contributed by atoms with Crippen LogP contribution in [0.3, 0.4) is 0 Å². The molecule has 0 aliphatic rings. The van der Waals surface area contributed by atoms with E-state index in [9.17, 15) is 0 Å². The zero-order chi connectivity index (χ0) is 31.4. The summed E-state index contributed by atoms with van der Waals surface area (Å²) in [6.45, 7) is 8.90. The summed E-state index contributed by atoms with van der Waals surface area (Å²) in [5.41, 5.74) is 15.4. The molecule has 0 radical (unpaired) electrons. The largest absolute Gasteiger partial charge is 0.344 e. The van der Waals surface area contributed by atoms with Crippen LogP contribution in [0.25, 0.3) is 87.4 Å². The van der Waals surface area contributed by atoms with Gasteiger partial charge in [0.15, 0.2) is 0 Å². The van der Waals surface area contributed by atoms with Crippen molar-refractivity contribution in [2.75, 3.05) is 0 Å². The Morgan fingerprint density at radius 3 is 1.00 bits per heavy atom. The van der Waals surface area contributed by atoms with E-state index in [0.717, 1.165) is 0 Å². The molecule has 2 aromatic heterocycles. The van der Waals surface area contributed by atoms with Crippen molar-refractivity contribution in [3.63, 3.8) is 0 Å². The van der Waals surface area contributed by atoms with Gasteiger partial charge < -0.3 is 9.13 Å². The first-order chi connectivity index (χ1) is 22.3. The monoisotopic (exact) mass is 592 g/mol. The van der Waals surface area contributed by atoms with Crippen molar-refractivity contribution in [1.29, 1.82) is 0 Å². The van der Waals surface area contributed by atoms with Crippen LogP contribution in [0.5, 0.6) is 0 Å². The van der Waals surface area contributed by atoms with Crippen LogP contribution < -0.4 is 0 Å². The Hall–Kier alpha value is -5.34. The molecule has 7 aromatic carbocycles. The molecule has 2 heterocycles. The number of fused-ring (bicyclic) bond motifs is 8. The molecule has 9 aromatic rings. The molecule has 0 saturated heterocycles. The highest BCUT2D eigenvalue weighted by Gasteiger charge is 2.15. The fourth-order valence-electron chi connectivity index (χ4n) is 8.00. The number of aryl methyl sites for hydroxylation is 6. The predicted molar refractivity (Wildman–Crippen MR) is 199 cm³/mol. The van der Waals surface area contributed by atoms with Gasteiger partial charge in [-0.05, 0) is 130 Å². The van der Waals surface area contributed by atoms with Crippen LogP contribution in [0.1, 0.15) is 22.3 Å². The lowest BCUT2D eigenvalue weighted by Crippen LogP contribution is -1.91. The molecule has 0 saturated carbocycles. The normalized spacial score (nSPS) is 12.1. The van der Waals surface area contributed by atoms with Crippen molar-refractivity contribution in [2.45, 2.75) is 27.7 Å². The lowest BCUT2D eigenvalue weighted by Gasteiger charge is -2.15. The fraction of sp³-hybridized carbons (Fsp3) is 0.136. The smallest absolute Gasteiger partial charge is 0.0494 e. The minimum atomic E-state index is 1.25. The molecule has 222 valence electrons. The average Bonchev–Trinajstić information content (AvgIpc) is 3.51. The van der Waals surface area contributed by atoms with Crippen LogP contribution in [0, 0.1) is 27.7 Å². The highest BCUT2D eigenvalue weighted by molar-refractivity contribution is 6.12. The molecule has 9 rings (SSSR count). The number of rotatable bonds is 2. The molecule has 0 bridgehead atoms. The van der Waals surface area contributed by atoms with Crippen LogP contribution in [0.2, 0.25) is 0 Å². The molecule has 2 nitrogen and oxygen atoms in total. The molecule has 0 amide bonds. The van der Waals surface area contributed by atoms with E-state index in [4.69, 9.17) is 0 Å². The molecule has 0 unspecified atom stereocenters. The van der Waals surface area contributed by atoms with E-state index < -0.39 is 0 Å². The Bertz CT molecular complexity index is 2560. The number of nitrogens with zero attached hydrogens (tertiary/aromatic N) is 2. The molecule has 2 heteroatoms. The predicted octanol–water partition coefficient (Wildman–Crippen LogP) is 11.9. The molecule has 0 spiro atoms. The second-order valence-corrected chi connectivity index (χ2v) is 13.4. The molecule has 46 heavy (non-hydrogen) atoms. The second-order valence-electron chi connectivity index (χ2n) is 13.4. The Labute approximate surface area is 269 Å². The third-order valence-corrected chi connectivity index (χ3v) is 10.6. The van der Waals surface area contributed by atoms with Crippen LogP contribution >= 0.6 is 0 Å². The van der Waals surface area contributed by atoms with Gasteiger partial charge in [0, 0.05) is 57.7 Å². The summed E-state index contributed by atoms with van der Waals surface area (Å²) < 4.78 is 4.67. The van der Waals surface area contributed by atoms with E-state index in [0.29, 0.717) is 0 Å². The molecule has 0 aliphatic carbocycles. The highest BCUT2D eigenvalue weighted by atomic mass is 14.9. The first-order valence-electron chi connectivity index (χ1n) is 16.2. The zero-order valence-corrected chi connectivity index (χ0v) is 27.3. The molecule has 0 N–H and O–H groups in total. The molecular weight excluding hydrogens is 556 g/mol. The number of hydrogen-bond acceptors (Lipinski definition) is 0. The SMILES string of the molecule is Cc1ccc2c3ccc(-c4ccc5c(C)c6cc(-c7ccc8c9ccc(C)cc9n(C)c8c7)ccc6c(C)c5c4)cc3n(C)c2c1. The topological polar surface area (TPSA) is 9.86 Å². The summed E-state index contributed by atoms with van der Waals surface area (Å²) in [5.74, 6) is 0. The lowest BCUT2D eigenvalue weighted by atomic mass is 9.89.